The summed E-state index contributed by atoms with van der Waals surface area (Å²) in [6, 6.07) is 0.547. The van der Waals surface area contributed by atoms with E-state index in [-0.39, 0.29) is 0 Å². The summed E-state index contributed by atoms with van der Waals surface area (Å²) in [5, 5.41) is 8.19. The van der Waals surface area contributed by atoms with Crippen LogP contribution in [0.4, 0.5) is 0 Å². The molecule has 78 valence electrons. The average molecular weight is 212 g/mol. The lowest BCUT2D eigenvalue weighted by Crippen LogP contribution is -2.28. The molecule has 5 heteroatoms. The third-order valence-corrected chi connectivity index (χ3v) is 3.32. The van der Waals surface area contributed by atoms with Gasteiger partial charge in [-0.15, -0.1) is 5.10 Å². The first-order chi connectivity index (χ1) is 6.83. The first-order valence-electron chi connectivity index (χ1n) is 5.05. The van der Waals surface area contributed by atoms with Crippen molar-refractivity contribution in [3.63, 3.8) is 0 Å². The van der Waals surface area contributed by atoms with Gasteiger partial charge in [-0.2, -0.15) is 12.6 Å². The molecule has 1 aliphatic rings. The third-order valence-electron chi connectivity index (χ3n) is 2.80. The zero-order valence-electron chi connectivity index (χ0n) is 8.13. The molecule has 0 aromatic carbocycles. The van der Waals surface area contributed by atoms with Gasteiger partial charge in [0.2, 0.25) is 0 Å². The Labute approximate surface area is 89.3 Å². The van der Waals surface area contributed by atoms with Crippen molar-refractivity contribution in [2.45, 2.75) is 25.3 Å². The minimum atomic E-state index is 0.547. The fourth-order valence-corrected chi connectivity index (χ4v) is 2.12. The van der Waals surface area contributed by atoms with Crippen LogP contribution in [0, 0.1) is 5.92 Å². The first-order valence-corrected chi connectivity index (χ1v) is 5.68. The molecule has 14 heavy (non-hydrogen) atoms. The number of aromatic nitrogens is 3. The molecule has 0 saturated heterocycles. The van der Waals surface area contributed by atoms with Crippen LogP contribution >= 0.6 is 12.6 Å². The minimum Gasteiger partial charge on any atom is -0.330 e. The number of rotatable bonds is 4. The van der Waals surface area contributed by atoms with E-state index in [9.17, 15) is 0 Å². The van der Waals surface area contributed by atoms with Gasteiger partial charge in [-0.3, -0.25) is 0 Å². The molecule has 1 heterocycles. The van der Waals surface area contributed by atoms with Crippen LogP contribution in [0.25, 0.3) is 0 Å². The Kier molecular flexibility index (Phi) is 3.08. The topological polar surface area (TPSA) is 56.7 Å². The molecule has 0 atom stereocenters. The molecule has 0 radical (unpaired) electrons. The van der Waals surface area contributed by atoms with E-state index in [1.165, 1.54) is 12.8 Å². The standard InChI is InChI=1S/C9H16N4S/c10-2-1-8-5-13(12-11-8)9-3-7(4-9)6-14/h5,7,9,14H,1-4,6,10H2. The van der Waals surface area contributed by atoms with Gasteiger partial charge in [0.1, 0.15) is 0 Å². The predicted molar refractivity (Wildman–Crippen MR) is 58.4 cm³/mol. The maximum atomic E-state index is 5.45. The molecule has 1 aliphatic carbocycles. The van der Waals surface area contributed by atoms with Crippen molar-refractivity contribution < 1.29 is 0 Å². The van der Waals surface area contributed by atoms with Crippen LogP contribution in [-0.2, 0) is 6.42 Å². The second-order valence-electron chi connectivity index (χ2n) is 3.90. The smallest absolute Gasteiger partial charge is 0.0839 e. The van der Waals surface area contributed by atoms with Crippen molar-refractivity contribution in [3.8, 4) is 0 Å². The molecule has 1 aromatic heterocycles. The van der Waals surface area contributed by atoms with E-state index < -0.39 is 0 Å². The van der Waals surface area contributed by atoms with Crippen molar-refractivity contribution in [2.75, 3.05) is 12.3 Å². The third kappa shape index (κ3) is 1.93. The predicted octanol–water partition coefficient (Wildman–Crippen LogP) is 0.660. The van der Waals surface area contributed by atoms with Gasteiger partial charge in [0.05, 0.1) is 11.7 Å². The highest BCUT2D eigenvalue weighted by Crippen LogP contribution is 2.37. The van der Waals surface area contributed by atoms with Crippen LogP contribution in [0.3, 0.4) is 0 Å². The lowest BCUT2D eigenvalue weighted by molar-refractivity contribution is 0.202. The van der Waals surface area contributed by atoms with Gasteiger partial charge in [-0.25, -0.2) is 4.68 Å². The molecule has 2 rings (SSSR count). The summed E-state index contributed by atoms with van der Waals surface area (Å²) in [6.07, 6.45) is 5.22. The summed E-state index contributed by atoms with van der Waals surface area (Å²) >= 11 is 4.28. The second-order valence-corrected chi connectivity index (χ2v) is 4.27. The molecule has 0 spiro atoms. The van der Waals surface area contributed by atoms with Gasteiger partial charge in [-0.1, -0.05) is 5.21 Å². The van der Waals surface area contributed by atoms with Crippen molar-refractivity contribution in [3.05, 3.63) is 11.9 Å². The second kappa shape index (κ2) is 4.31. The lowest BCUT2D eigenvalue weighted by atomic mass is 9.82. The molecule has 0 bridgehead atoms. The number of hydrogen-bond donors (Lipinski definition) is 2. The van der Waals surface area contributed by atoms with Crippen molar-refractivity contribution in [2.24, 2.45) is 11.7 Å². The van der Waals surface area contributed by atoms with Gasteiger partial charge in [0.15, 0.2) is 0 Å². The van der Waals surface area contributed by atoms with Crippen LogP contribution in [0.15, 0.2) is 6.20 Å². The molecular formula is C9H16N4S. The minimum absolute atomic E-state index is 0.547. The highest BCUT2D eigenvalue weighted by atomic mass is 32.1. The van der Waals surface area contributed by atoms with Crippen LogP contribution in [0.1, 0.15) is 24.6 Å². The Hall–Kier alpha value is -0.550. The summed E-state index contributed by atoms with van der Waals surface area (Å²) in [5.74, 6) is 1.76. The van der Waals surface area contributed by atoms with E-state index in [1.807, 2.05) is 10.9 Å². The molecule has 1 saturated carbocycles. The molecular weight excluding hydrogens is 196 g/mol. The fourth-order valence-electron chi connectivity index (χ4n) is 1.82. The van der Waals surface area contributed by atoms with Crippen LogP contribution in [0.2, 0.25) is 0 Å². The molecule has 0 unspecified atom stereocenters. The summed E-state index contributed by atoms with van der Waals surface area (Å²) in [4.78, 5) is 0. The van der Waals surface area contributed by atoms with Gasteiger partial charge in [0, 0.05) is 12.6 Å². The van der Waals surface area contributed by atoms with Crippen LogP contribution < -0.4 is 5.73 Å². The van der Waals surface area contributed by atoms with E-state index in [0.29, 0.717) is 12.6 Å². The Balaban J connectivity index is 1.91. The summed E-state index contributed by atoms with van der Waals surface area (Å²) in [5.41, 5.74) is 6.45. The quantitative estimate of drug-likeness (QED) is 0.721. The largest absolute Gasteiger partial charge is 0.330 e. The molecule has 2 N–H and O–H groups in total. The van der Waals surface area contributed by atoms with Gasteiger partial charge in [-0.05, 0) is 31.1 Å². The number of hydrogen-bond acceptors (Lipinski definition) is 4. The molecule has 4 nitrogen and oxygen atoms in total. The summed E-state index contributed by atoms with van der Waals surface area (Å²) < 4.78 is 1.98. The van der Waals surface area contributed by atoms with Gasteiger partial charge in [0.25, 0.3) is 0 Å². The summed E-state index contributed by atoms with van der Waals surface area (Å²) in [6.45, 7) is 0.641. The number of nitrogens with two attached hydrogens (primary N) is 1. The SMILES string of the molecule is NCCc1cn(C2CC(CS)C2)nn1. The van der Waals surface area contributed by atoms with Crippen LogP contribution in [-0.4, -0.2) is 27.3 Å². The zero-order valence-corrected chi connectivity index (χ0v) is 9.03. The van der Waals surface area contributed by atoms with Crippen LogP contribution in [0.5, 0.6) is 0 Å². The lowest BCUT2D eigenvalue weighted by Gasteiger charge is -2.33. The van der Waals surface area contributed by atoms with Crippen molar-refractivity contribution in [1.29, 1.82) is 0 Å². The maximum absolute atomic E-state index is 5.45. The Morgan fingerprint density at radius 1 is 1.57 bits per heavy atom. The van der Waals surface area contributed by atoms with E-state index in [2.05, 4.69) is 22.9 Å². The van der Waals surface area contributed by atoms with Crippen molar-refractivity contribution >= 4 is 12.6 Å². The van der Waals surface area contributed by atoms with E-state index in [4.69, 9.17) is 5.73 Å². The average Bonchev–Trinajstić information content (AvgIpc) is 2.52. The Morgan fingerprint density at radius 2 is 2.36 bits per heavy atom. The first kappa shape index (κ1) is 9.98. The molecule has 0 aliphatic heterocycles. The zero-order chi connectivity index (χ0) is 9.97. The monoisotopic (exact) mass is 212 g/mol. The van der Waals surface area contributed by atoms with Gasteiger partial charge < -0.3 is 5.73 Å². The summed E-state index contributed by atoms with van der Waals surface area (Å²) in [7, 11) is 0. The Bertz CT molecular complexity index is 293. The Morgan fingerprint density at radius 3 is 3.00 bits per heavy atom. The normalized spacial score (nSPS) is 26.1. The van der Waals surface area contributed by atoms with E-state index in [0.717, 1.165) is 23.8 Å². The van der Waals surface area contributed by atoms with E-state index in [1.54, 1.807) is 0 Å². The van der Waals surface area contributed by atoms with Crippen molar-refractivity contribution in [1.82, 2.24) is 15.0 Å². The van der Waals surface area contributed by atoms with E-state index >= 15 is 0 Å². The molecule has 1 aromatic rings. The number of thiol groups is 1. The highest BCUT2D eigenvalue weighted by molar-refractivity contribution is 7.80. The van der Waals surface area contributed by atoms with Gasteiger partial charge >= 0.3 is 0 Å². The fraction of sp³-hybridized carbons (Fsp3) is 0.778. The maximum Gasteiger partial charge on any atom is 0.0839 e. The number of nitrogens with zero attached hydrogens (tertiary/aromatic N) is 3. The molecule has 0 amide bonds. The highest BCUT2D eigenvalue weighted by Gasteiger charge is 2.30. The molecule has 1 fully saturated rings.